The Kier molecular flexibility index (Phi) is 5.94. The fraction of sp³-hybridized carbons (Fsp3) is 0.265. The van der Waals surface area contributed by atoms with Crippen LogP contribution in [-0.2, 0) is 4.65 Å². The van der Waals surface area contributed by atoms with Crippen molar-refractivity contribution in [3.8, 4) is 0 Å². The van der Waals surface area contributed by atoms with Crippen LogP contribution in [0.4, 0.5) is 0 Å². The van der Waals surface area contributed by atoms with Crippen LogP contribution in [0.5, 0.6) is 0 Å². The predicted molar refractivity (Wildman–Crippen MR) is 163 cm³/mol. The highest BCUT2D eigenvalue weighted by molar-refractivity contribution is 6.38. The lowest BCUT2D eigenvalue weighted by molar-refractivity contribution is -0.0897. The number of aliphatic hydroxyl groups is 1. The number of hydrogen-bond donors (Lipinski definition) is 1. The Bertz CT molecular complexity index is 1770. The third-order valence-electron chi connectivity index (χ3n) is 8.54. The number of benzene rings is 4. The highest BCUT2D eigenvalue weighted by Crippen LogP contribution is 2.44. The first-order valence-corrected chi connectivity index (χ1v) is 13.5. The molecule has 38 heavy (non-hydrogen) atoms. The largest absolute Gasteiger partial charge is 0.427 e. The van der Waals surface area contributed by atoms with Gasteiger partial charge in [0.2, 0.25) is 0 Å². The average Bonchev–Trinajstić information content (AvgIpc) is 2.91. The summed E-state index contributed by atoms with van der Waals surface area (Å²) in [6.07, 6.45) is 5.33. The lowest BCUT2D eigenvalue weighted by Crippen LogP contribution is -2.48. The van der Waals surface area contributed by atoms with Crippen LogP contribution in [0, 0.1) is 5.92 Å². The van der Waals surface area contributed by atoms with Crippen molar-refractivity contribution in [3.05, 3.63) is 96.1 Å². The van der Waals surface area contributed by atoms with Crippen LogP contribution >= 0.6 is 0 Å². The molecule has 1 N–H and O–H groups in total. The highest BCUT2D eigenvalue weighted by atomic mass is 16.5. The zero-order chi connectivity index (χ0) is 26.7. The van der Waals surface area contributed by atoms with Crippen LogP contribution in [0.2, 0.25) is 0 Å². The number of hydrogen-bond acceptors (Lipinski definition) is 3. The molecule has 0 aliphatic heterocycles. The molecule has 1 unspecified atom stereocenters. The number of aromatic nitrogens is 1. The fourth-order valence-electron chi connectivity index (χ4n) is 5.65. The molecule has 0 fully saturated rings. The number of nitrogens with zero attached hydrogens (tertiary/aromatic N) is 1. The Hall–Kier alpha value is -3.47. The van der Waals surface area contributed by atoms with Crippen molar-refractivity contribution < 1.29 is 9.76 Å². The monoisotopic (exact) mass is 499 g/mol. The molecule has 190 valence electrons. The molecule has 0 radical (unpaired) electrons. The molecule has 0 spiro atoms. The Morgan fingerprint density at radius 2 is 1.32 bits per heavy atom. The summed E-state index contributed by atoms with van der Waals surface area (Å²) in [5.41, 5.74) is 3.02. The average molecular weight is 499 g/mol. The van der Waals surface area contributed by atoms with Gasteiger partial charge in [-0.3, -0.25) is 0 Å². The van der Waals surface area contributed by atoms with E-state index in [0.29, 0.717) is 7.48 Å². The highest BCUT2D eigenvalue weighted by Gasteiger charge is 2.36. The van der Waals surface area contributed by atoms with E-state index in [1.807, 2.05) is 13.8 Å². The van der Waals surface area contributed by atoms with Gasteiger partial charge in [-0.1, -0.05) is 91.3 Å². The van der Waals surface area contributed by atoms with Gasteiger partial charge in [-0.15, -0.1) is 0 Å². The smallest absolute Gasteiger partial charge is 0.305 e. The third-order valence-corrected chi connectivity index (χ3v) is 8.54. The van der Waals surface area contributed by atoms with Gasteiger partial charge in [-0.25, -0.2) is 4.98 Å². The third kappa shape index (κ3) is 4.04. The molecule has 5 aromatic rings. The van der Waals surface area contributed by atoms with Gasteiger partial charge in [0.05, 0.1) is 22.4 Å². The molecule has 6 rings (SSSR count). The second kappa shape index (κ2) is 9.08. The van der Waals surface area contributed by atoms with Crippen LogP contribution in [-0.4, -0.2) is 28.8 Å². The van der Waals surface area contributed by atoms with E-state index in [1.165, 1.54) is 48.7 Å². The molecule has 3 nitrogen and oxygen atoms in total. The molecular weight excluding hydrogens is 465 g/mol. The summed E-state index contributed by atoms with van der Waals surface area (Å²) < 4.78 is 6.19. The molecule has 1 aromatic heterocycles. The second-order valence-corrected chi connectivity index (χ2v) is 11.7. The molecule has 4 heteroatoms. The Balaban J connectivity index is 1.58. The van der Waals surface area contributed by atoms with Crippen molar-refractivity contribution in [2.75, 3.05) is 0 Å². The van der Waals surface area contributed by atoms with Crippen molar-refractivity contribution >= 4 is 56.3 Å². The van der Waals surface area contributed by atoms with Gasteiger partial charge in [0, 0.05) is 16.2 Å². The van der Waals surface area contributed by atoms with Crippen molar-refractivity contribution in [3.63, 3.8) is 0 Å². The van der Waals surface area contributed by atoms with E-state index >= 15 is 0 Å². The predicted octanol–water partition coefficient (Wildman–Crippen LogP) is 7.92. The zero-order valence-corrected chi connectivity index (χ0v) is 22.9. The van der Waals surface area contributed by atoms with E-state index < -0.39 is 11.2 Å². The maximum atomic E-state index is 10.5. The standard InChI is InChI=1S/C34H34BNO2/c1-21-20-22(35-38-34(4,5)33(2,3)37)18-19-23(21)32-31-27-15-9-7-13-25(27)24-12-6-8-14-26(24)30(31)28-16-10-11-17-29(28)36-32/h6-19,21,35,37H,20H2,1-5H3. The van der Waals surface area contributed by atoms with Crippen molar-refractivity contribution in [1.82, 2.24) is 4.98 Å². The first-order valence-electron chi connectivity index (χ1n) is 13.5. The van der Waals surface area contributed by atoms with Crippen molar-refractivity contribution in [2.24, 2.45) is 5.92 Å². The molecule has 0 bridgehead atoms. The van der Waals surface area contributed by atoms with E-state index in [1.54, 1.807) is 13.8 Å². The first kappa shape index (κ1) is 24.8. The van der Waals surface area contributed by atoms with Gasteiger partial charge < -0.3 is 9.76 Å². The van der Waals surface area contributed by atoms with Gasteiger partial charge >= 0.3 is 7.48 Å². The second-order valence-electron chi connectivity index (χ2n) is 11.7. The van der Waals surface area contributed by atoms with Gasteiger partial charge in [0.25, 0.3) is 0 Å². The van der Waals surface area contributed by atoms with Crippen molar-refractivity contribution in [2.45, 2.75) is 52.2 Å². The number of para-hydroxylation sites is 1. The van der Waals surface area contributed by atoms with E-state index in [2.05, 4.69) is 91.9 Å². The molecule has 4 aromatic carbocycles. The van der Waals surface area contributed by atoms with Gasteiger partial charge in [-0.05, 0) is 73.2 Å². The number of rotatable bonds is 5. The summed E-state index contributed by atoms with van der Waals surface area (Å²) >= 11 is 0. The Morgan fingerprint density at radius 3 is 1.92 bits per heavy atom. The summed E-state index contributed by atoms with van der Waals surface area (Å²) in [6.45, 7) is 9.77. The van der Waals surface area contributed by atoms with Gasteiger partial charge in [-0.2, -0.15) is 0 Å². The number of fused-ring (bicyclic) bond motifs is 8. The lowest BCUT2D eigenvalue weighted by atomic mass is 9.73. The van der Waals surface area contributed by atoms with Crippen LogP contribution in [0.1, 0.15) is 46.7 Å². The number of allylic oxidation sites excluding steroid dienone is 4. The number of pyridine rings is 1. The van der Waals surface area contributed by atoms with E-state index in [0.717, 1.165) is 17.6 Å². The Labute approximate surface area is 225 Å². The molecule has 1 aliphatic carbocycles. The van der Waals surface area contributed by atoms with Crippen LogP contribution in [0.3, 0.4) is 0 Å². The summed E-state index contributed by atoms with van der Waals surface area (Å²) in [4.78, 5) is 5.32. The van der Waals surface area contributed by atoms with E-state index in [9.17, 15) is 5.11 Å². The Morgan fingerprint density at radius 1 is 0.763 bits per heavy atom. The molecule has 1 aliphatic rings. The zero-order valence-electron chi connectivity index (χ0n) is 22.9. The minimum Gasteiger partial charge on any atom is -0.427 e. The quantitative estimate of drug-likeness (QED) is 0.197. The van der Waals surface area contributed by atoms with Gasteiger partial charge in [0.1, 0.15) is 0 Å². The van der Waals surface area contributed by atoms with Crippen LogP contribution in [0.15, 0.2) is 90.4 Å². The SMILES string of the molecule is CC1CC(BOC(C)(C)C(C)(C)O)=CC=C1c1nc2ccccc2c2c3ccccc3c3ccccc3c12. The molecular formula is C34H34BNO2. The lowest BCUT2D eigenvalue weighted by Gasteiger charge is -2.38. The summed E-state index contributed by atoms with van der Waals surface area (Å²) in [6, 6.07) is 26.0. The molecule has 1 heterocycles. The molecule has 0 amide bonds. The molecule has 0 saturated carbocycles. The maximum absolute atomic E-state index is 10.5. The summed E-state index contributed by atoms with van der Waals surface area (Å²) in [5, 5.41) is 19.2. The first-order chi connectivity index (χ1) is 18.2. The topological polar surface area (TPSA) is 42.4 Å². The minimum atomic E-state index is -0.924. The van der Waals surface area contributed by atoms with Gasteiger partial charge in [0.15, 0.2) is 0 Å². The van der Waals surface area contributed by atoms with Crippen LogP contribution < -0.4 is 0 Å². The maximum Gasteiger partial charge on any atom is 0.305 e. The van der Waals surface area contributed by atoms with E-state index in [-0.39, 0.29) is 5.92 Å². The van der Waals surface area contributed by atoms with E-state index in [4.69, 9.17) is 9.64 Å². The normalized spacial score (nSPS) is 16.7. The molecule has 0 saturated heterocycles. The van der Waals surface area contributed by atoms with Crippen LogP contribution in [0.25, 0.3) is 48.8 Å². The summed E-state index contributed by atoms with van der Waals surface area (Å²) in [5.74, 6) is 0.283. The fourth-order valence-corrected chi connectivity index (χ4v) is 5.65. The summed E-state index contributed by atoms with van der Waals surface area (Å²) in [7, 11) is 0.505. The minimum absolute atomic E-state index is 0.283. The molecule has 1 atom stereocenters. The van der Waals surface area contributed by atoms with Crippen molar-refractivity contribution in [1.29, 1.82) is 0 Å².